The molecule has 0 heterocycles. The molecule has 2 heteroatoms. The molecule has 2 atom stereocenters. The van der Waals surface area contributed by atoms with Crippen molar-refractivity contribution in [2.45, 2.75) is 13.8 Å². The maximum atomic E-state index is 2.63. The second-order valence-corrected chi connectivity index (χ2v) is 4.15. The first-order valence-electron chi connectivity index (χ1n) is 5.40. The van der Waals surface area contributed by atoms with E-state index in [4.69, 9.17) is 0 Å². The lowest BCUT2D eigenvalue weighted by Crippen LogP contribution is -1.82. The van der Waals surface area contributed by atoms with Crippen LogP contribution >= 0.6 is 18.5 Å². The van der Waals surface area contributed by atoms with Crippen LogP contribution in [0.2, 0.25) is 0 Å². The van der Waals surface area contributed by atoms with E-state index in [2.05, 4.69) is 18.5 Å². The van der Waals surface area contributed by atoms with E-state index in [0.717, 1.165) is 0 Å². The van der Waals surface area contributed by atoms with Gasteiger partial charge in [0, 0.05) is 0 Å². The van der Waals surface area contributed by atoms with Crippen molar-refractivity contribution in [2.75, 3.05) is 0 Å². The molecular weight excluding hydrogens is 230 g/mol. The summed E-state index contributed by atoms with van der Waals surface area (Å²) >= 11 is 0. The minimum absolute atomic E-state index is 1.24. The van der Waals surface area contributed by atoms with E-state index in [1.165, 1.54) is 10.6 Å². The highest BCUT2D eigenvalue weighted by molar-refractivity contribution is 7.27. The Morgan fingerprint density at radius 1 is 0.562 bits per heavy atom. The maximum Gasteiger partial charge on any atom is -0.0303 e. The Morgan fingerprint density at radius 3 is 0.938 bits per heavy atom. The molecule has 0 fully saturated rings. The van der Waals surface area contributed by atoms with Gasteiger partial charge >= 0.3 is 0 Å². The van der Waals surface area contributed by atoms with Crippen LogP contribution in [0.5, 0.6) is 0 Å². The second kappa shape index (κ2) is 10.8. The molecule has 0 aromatic heterocycles. The molecule has 0 aliphatic carbocycles. The van der Waals surface area contributed by atoms with Crippen molar-refractivity contribution >= 4 is 29.1 Å². The zero-order chi connectivity index (χ0) is 12.2. The third kappa shape index (κ3) is 8.60. The molecule has 86 valence electrons. The normalized spacial score (nSPS) is 8.00. The van der Waals surface area contributed by atoms with Gasteiger partial charge in [0.1, 0.15) is 0 Å². The van der Waals surface area contributed by atoms with Gasteiger partial charge in [0.25, 0.3) is 0 Å². The van der Waals surface area contributed by atoms with Gasteiger partial charge in [-0.1, -0.05) is 74.5 Å². The van der Waals surface area contributed by atoms with Gasteiger partial charge in [0.2, 0.25) is 0 Å². The molecule has 0 saturated heterocycles. The summed E-state index contributed by atoms with van der Waals surface area (Å²) < 4.78 is 0. The lowest BCUT2D eigenvalue weighted by molar-refractivity contribution is 1.50. The lowest BCUT2D eigenvalue weighted by Gasteiger charge is -1.82. The van der Waals surface area contributed by atoms with Crippen molar-refractivity contribution in [2.24, 2.45) is 0 Å². The van der Waals surface area contributed by atoms with Gasteiger partial charge in [0.15, 0.2) is 0 Å². The average molecular weight is 250 g/mol. The van der Waals surface area contributed by atoms with Crippen molar-refractivity contribution in [3.63, 3.8) is 0 Å². The van der Waals surface area contributed by atoms with E-state index in [9.17, 15) is 0 Å². The molecule has 2 aromatic carbocycles. The average Bonchev–Trinajstić information content (AvgIpc) is 2.34. The molecule has 2 aromatic rings. The topological polar surface area (TPSA) is 0 Å². The SMILES string of the molecule is CC.Pc1ccccc1.Pc1ccccc1. The van der Waals surface area contributed by atoms with Gasteiger partial charge in [-0.25, -0.2) is 0 Å². The standard InChI is InChI=1S/2C6H7P.C2H6/c2*7-6-4-2-1-3-5-6;1-2/h2*1-5H,7H2;1-2H3. The molecular formula is C14H20P2. The fourth-order valence-electron chi connectivity index (χ4n) is 0.906. The highest BCUT2D eigenvalue weighted by atomic mass is 31.0. The highest BCUT2D eigenvalue weighted by Gasteiger charge is 1.72. The number of hydrogen-bond acceptors (Lipinski definition) is 0. The summed E-state index contributed by atoms with van der Waals surface area (Å²) in [7, 11) is 5.26. The van der Waals surface area contributed by atoms with Crippen LogP contribution < -0.4 is 10.6 Å². The van der Waals surface area contributed by atoms with Crippen molar-refractivity contribution in [3.8, 4) is 0 Å². The van der Waals surface area contributed by atoms with Crippen molar-refractivity contribution in [1.29, 1.82) is 0 Å². The Hall–Kier alpha value is -0.700. The Morgan fingerprint density at radius 2 is 0.812 bits per heavy atom. The molecule has 0 nitrogen and oxygen atoms in total. The van der Waals surface area contributed by atoms with Gasteiger partial charge in [-0.15, -0.1) is 18.5 Å². The van der Waals surface area contributed by atoms with Crippen molar-refractivity contribution in [1.82, 2.24) is 0 Å². The Labute approximate surface area is 104 Å². The molecule has 0 bridgehead atoms. The Balaban J connectivity index is 0.000000244. The zero-order valence-electron chi connectivity index (χ0n) is 9.93. The van der Waals surface area contributed by atoms with Crippen LogP contribution in [-0.2, 0) is 0 Å². The maximum absolute atomic E-state index is 2.63. The predicted octanol–water partition coefficient (Wildman–Crippen LogP) is 3.40. The molecule has 0 amide bonds. The number of hydrogen-bond donors (Lipinski definition) is 0. The largest absolute Gasteiger partial charge is 0.106 e. The molecule has 0 radical (unpaired) electrons. The third-order valence-electron chi connectivity index (χ3n) is 1.60. The lowest BCUT2D eigenvalue weighted by atomic mass is 10.4. The summed E-state index contributed by atoms with van der Waals surface area (Å²) in [6.45, 7) is 4.00. The molecule has 0 aliphatic heterocycles. The van der Waals surface area contributed by atoms with Gasteiger partial charge in [-0.2, -0.15) is 0 Å². The first-order valence-corrected chi connectivity index (χ1v) is 6.55. The third-order valence-corrected chi connectivity index (χ3v) is 2.37. The van der Waals surface area contributed by atoms with Crippen LogP contribution in [0.15, 0.2) is 60.7 Å². The quantitative estimate of drug-likeness (QED) is 0.629. The van der Waals surface area contributed by atoms with E-state index < -0.39 is 0 Å². The summed E-state index contributed by atoms with van der Waals surface area (Å²) in [5.41, 5.74) is 0. The summed E-state index contributed by atoms with van der Waals surface area (Å²) in [4.78, 5) is 0. The molecule has 0 N–H and O–H groups in total. The smallest absolute Gasteiger partial charge is 0.0303 e. The first-order chi connectivity index (χ1) is 7.79. The molecule has 0 saturated carbocycles. The van der Waals surface area contributed by atoms with Crippen LogP contribution in [0.1, 0.15) is 13.8 Å². The fourth-order valence-corrected chi connectivity index (χ4v) is 1.35. The predicted molar refractivity (Wildman–Crippen MR) is 82.9 cm³/mol. The van der Waals surface area contributed by atoms with Gasteiger partial charge in [0.05, 0.1) is 0 Å². The summed E-state index contributed by atoms with van der Waals surface area (Å²) in [6.07, 6.45) is 0. The zero-order valence-corrected chi connectivity index (χ0v) is 12.2. The van der Waals surface area contributed by atoms with Crippen LogP contribution in [0.3, 0.4) is 0 Å². The van der Waals surface area contributed by atoms with E-state index in [0.29, 0.717) is 0 Å². The van der Waals surface area contributed by atoms with Gasteiger partial charge in [-0.05, 0) is 10.6 Å². The first kappa shape index (κ1) is 15.3. The summed E-state index contributed by atoms with van der Waals surface area (Å²) in [5.74, 6) is 0. The molecule has 2 rings (SSSR count). The minimum Gasteiger partial charge on any atom is -0.106 e. The van der Waals surface area contributed by atoms with Gasteiger partial charge in [-0.3, -0.25) is 0 Å². The molecule has 16 heavy (non-hydrogen) atoms. The van der Waals surface area contributed by atoms with E-state index >= 15 is 0 Å². The van der Waals surface area contributed by atoms with Crippen LogP contribution in [0.25, 0.3) is 0 Å². The molecule has 0 spiro atoms. The highest BCUT2D eigenvalue weighted by Crippen LogP contribution is 1.86. The number of rotatable bonds is 0. The van der Waals surface area contributed by atoms with E-state index in [1.54, 1.807) is 0 Å². The molecule has 0 aliphatic rings. The van der Waals surface area contributed by atoms with Crippen LogP contribution in [0.4, 0.5) is 0 Å². The fraction of sp³-hybridized carbons (Fsp3) is 0.143. The van der Waals surface area contributed by atoms with Crippen molar-refractivity contribution < 1.29 is 0 Å². The monoisotopic (exact) mass is 250 g/mol. The van der Waals surface area contributed by atoms with Crippen LogP contribution in [0, 0.1) is 0 Å². The Kier molecular flexibility index (Phi) is 10.3. The van der Waals surface area contributed by atoms with E-state index in [1.807, 2.05) is 74.5 Å². The summed E-state index contributed by atoms with van der Waals surface area (Å²) in [5, 5.41) is 2.48. The number of benzene rings is 2. The summed E-state index contributed by atoms with van der Waals surface area (Å²) in [6, 6.07) is 20.3. The van der Waals surface area contributed by atoms with Crippen molar-refractivity contribution in [3.05, 3.63) is 60.7 Å². The van der Waals surface area contributed by atoms with Gasteiger partial charge < -0.3 is 0 Å². The van der Waals surface area contributed by atoms with Crippen LogP contribution in [-0.4, -0.2) is 0 Å². The van der Waals surface area contributed by atoms with E-state index in [-0.39, 0.29) is 0 Å². The molecule has 2 unspecified atom stereocenters. The second-order valence-electron chi connectivity index (χ2n) is 2.82. The minimum atomic E-state index is 1.24. The Bertz CT molecular complexity index is 306.